The van der Waals surface area contributed by atoms with Crippen molar-refractivity contribution in [1.82, 2.24) is 15.1 Å². The molecule has 2 rings (SSSR count). The zero-order chi connectivity index (χ0) is 14.0. The second-order valence-corrected chi connectivity index (χ2v) is 5.57. The molecule has 106 valence electrons. The molecule has 1 aliphatic carbocycles. The number of hydrogen-bond donors (Lipinski definition) is 2. The summed E-state index contributed by atoms with van der Waals surface area (Å²) >= 11 is 0. The van der Waals surface area contributed by atoms with Crippen molar-refractivity contribution in [3.63, 3.8) is 0 Å². The number of aryl methyl sites for hydroxylation is 2. The van der Waals surface area contributed by atoms with E-state index in [1.54, 1.807) is 0 Å². The molecule has 5 heteroatoms. The smallest absolute Gasteiger partial charge is 0.220 e. The molecule has 0 atom stereocenters. The average molecular weight is 265 g/mol. The van der Waals surface area contributed by atoms with E-state index in [1.807, 2.05) is 25.6 Å². The number of amides is 1. The summed E-state index contributed by atoms with van der Waals surface area (Å²) in [5.74, 6) is 0.546. The van der Waals surface area contributed by atoms with Crippen molar-refractivity contribution < 1.29 is 9.90 Å². The van der Waals surface area contributed by atoms with E-state index in [-0.39, 0.29) is 12.0 Å². The first kappa shape index (κ1) is 14.1. The van der Waals surface area contributed by atoms with Crippen LogP contribution in [0.15, 0.2) is 0 Å². The number of aliphatic hydroxyl groups is 1. The van der Waals surface area contributed by atoms with Crippen molar-refractivity contribution in [2.24, 2.45) is 13.0 Å². The Hall–Kier alpha value is -1.36. The van der Waals surface area contributed by atoms with E-state index in [0.717, 1.165) is 30.7 Å². The van der Waals surface area contributed by atoms with Crippen LogP contribution in [0.4, 0.5) is 0 Å². The van der Waals surface area contributed by atoms with Crippen LogP contribution in [0.2, 0.25) is 0 Å². The molecule has 1 saturated carbocycles. The fourth-order valence-corrected chi connectivity index (χ4v) is 2.63. The summed E-state index contributed by atoms with van der Waals surface area (Å²) in [6.07, 6.45) is 2.73. The molecule has 0 radical (unpaired) electrons. The lowest BCUT2D eigenvalue weighted by Gasteiger charge is -2.31. The highest BCUT2D eigenvalue weighted by Crippen LogP contribution is 2.26. The zero-order valence-corrected chi connectivity index (χ0v) is 11.9. The molecule has 0 spiro atoms. The molecule has 1 amide bonds. The number of aromatic nitrogens is 2. The van der Waals surface area contributed by atoms with Gasteiger partial charge in [-0.05, 0) is 44.6 Å². The first-order valence-corrected chi connectivity index (χ1v) is 6.91. The molecule has 0 unspecified atom stereocenters. The van der Waals surface area contributed by atoms with Crippen molar-refractivity contribution in [2.45, 2.75) is 45.6 Å². The predicted molar refractivity (Wildman–Crippen MR) is 72.7 cm³/mol. The van der Waals surface area contributed by atoms with Gasteiger partial charge in [-0.2, -0.15) is 5.10 Å². The standard InChI is InChI=1S/C14H23N3O2/c1-9-13(10(2)17(3)16-9)4-5-14(19)15-8-11-6-12(18)7-11/h11-12,18H,4-8H2,1-3H3,(H,15,19). The predicted octanol–water partition coefficient (Wildman–Crippen LogP) is 0.857. The number of carbonyl (C=O) groups excluding carboxylic acids is 1. The van der Waals surface area contributed by atoms with E-state index in [1.165, 1.54) is 5.56 Å². The summed E-state index contributed by atoms with van der Waals surface area (Å²) in [7, 11) is 1.92. The van der Waals surface area contributed by atoms with Gasteiger partial charge in [0.25, 0.3) is 0 Å². The molecule has 2 N–H and O–H groups in total. The number of carbonyl (C=O) groups is 1. The highest BCUT2D eigenvalue weighted by Gasteiger charge is 2.27. The lowest BCUT2D eigenvalue weighted by atomic mass is 9.82. The van der Waals surface area contributed by atoms with Crippen LogP contribution in [0.25, 0.3) is 0 Å². The minimum atomic E-state index is -0.150. The Labute approximate surface area is 114 Å². The molecule has 0 bridgehead atoms. The topological polar surface area (TPSA) is 67.2 Å². The Bertz CT molecular complexity index is 462. The minimum absolute atomic E-state index is 0.0871. The third kappa shape index (κ3) is 3.35. The van der Waals surface area contributed by atoms with Crippen molar-refractivity contribution >= 4 is 5.91 Å². The molecular weight excluding hydrogens is 242 g/mol. The molecule has 1 fully saturated rings. The minimum Gasteiger partial charge on any atom is -0.393 e. The fraction of sp³-hybridized carbons (Fsp3) is 0.714. The van der Waals surface area contributed by atoms with Gasteiger partial charge in [0.05, 0.1) is 11.8 Å². The Balaban J connectivity index is 1.74. The first-order chi connectivity index (χ1) is 8.97. The van der Waals surface area contributed by atoms with Crippen molar-refractivity contribution in [2.75, 3.05) is 6.54 Å². The van der Waals surface area contributed by atoms with Gasteiger partial charge in [0.15, 0.2) is 0 Å². The first-order valence-electron chi connectivity index (χ1n) is 6.91. The van der Waals surface area contributed by atoms with Crippen molar-refractivity contribution in [3.8, 4) is 0 Å². The molecule has 19 heavy (non-hydrogen) atoms. The Morgan fingerprint density at radius 3 is 2.68 bits per heavy atom. The molecule has 0 saturated heterocycles. The van der Waals surface area contributed by atoms with Gasteiger partial charge in [-0.1, -0.05) is 0 Å². The highest BCUT2D eigenvalue weighted by atomic mass is 16.3. The van der Waals surface area contributed by atoms with Crippen LogP contribution in [-0.2, 0) is 18.3 Å². The highest BCUT2D eigenvalue weighted by molar-refractivity contribution is 5.76. The molecule has 1 heterocycles. The second kappa shape index (κ2) is 5.74. The summed E-state index contributed by atoms with van der Waals surface area (Å²) in [5, 5.41) is 16.5. The number of nitrogens with one attached hydrogen (secondary N) is 1. The number of hydrogen-bond acceptors (Lipinski definition) is 3. The van der Waals surface area contributed by atoms with Gasteiger partial charge in [0, 0.05) is 25.7 Å². The largest absolute Gasteiger partial charge is 0.393 e. The van der Waals surface area contributed by atoms with Gasteiger partial charge < -0.3 is 10.4 Å². The monoisotopic (exact) mass is 265 g/mol. The summed E-state index contributed by atoms with van der Waals surface area (Å²) in [6, 6.07) is 0. The molecule has 1 aromatic rings. The quantitative estimate of drug-likeness (QED) is 0.829. The van der Waals surface area contributed by atoms with Crippen LogP contribution in [0.3, 0.4) is 0 Å². The van der Waals surface area contributed by atoms with E-state index < -0.39 is 0 Å². The van der Waals surface area contributed by atoms with Gasteiger partial charge in [0.2, 0.25) is 5.91 Å². The molecule has 5 nitrogen and oxygen atoms in total. The third-order valence-electron chi connectivity index (χ3n) is 4.06. The molecular formula is C14H23N3O2. The zero-order valence-electron chi connectivity index (χ0n) is 11.9. The lowest BCUT2D eigenvalue weighted by molar-refractivity contribution is -0.121. The van der Waals surface area contributed by atoms with Gasteiger partial charge in [0.1, 0.15) is 0 Å². The van der Waals surface area contributed by atoms with E-state index in [9.17, 15) is 9.90 Å². The molecule has 0 aliphatic heterocycles. The van der Waals surface area contributed by atoms with Crippen LogP contribution in [0, 0.1) is 19.8 Å². The summed E-state index contributed by atoms with van der Waals surface area (Å²) in [5.41, 5.74) is 3.32. The Kier molecular flexibility index (Phi) is 4.24. The van der Waals surface area contributed by atoms with Crippen LogP contribution in [0.1, 0.15) is 36.2 Å². The van der Waals surface area contributed by atoms with E-state index in [4.69, 9.17) is 0 Å². The van der Waals surface area contributed by atoms with Crippen molar-refractivity contribution in [1.29, 1.82) is 0 Å². The third-order valence-corrected chi connectivity index (χ3v) is 4.06. The van der Waals surface area contributed by atoms with Crippen molar-refractivity contribution in [3.05, 3.63) is 17.0 Å². The molecule has 1 aliphatic rings. The van der Waals surface area contributed by atoms with Gasteiger partial charge >= 0.3 is 0 Å². The van der Waals surface area contributed by atoms with Crippen LogP contribution >= 0.6 is 0 Å². The van der Waals surface area contributed by atoms with E-state index in [2.05, 4.69) is 10.4 Å². The van der Waals surface area contributed by atoms with Crippen LogP contribution in [0.5, 0.6) is 0 Å². The van der Waals surface area contributed by atoms with Gasteiger partial charge in [-0.3, -0.25) is 9.48 Å². The summed E-state index contributed by atoms with van der Waals surface area (Å²) in [6.45, 7) is 4.71. The number of rotatable bonds is 5. The maximum Gasteiger partial charge on any atom is 0.220 e. The Morgan fingerprint density at radius 1 is 1.47 bits per heavy atom. The van der Waals surface area contributed by atoms with Crippen LogP contribution < -0.4 is 5.32 Å². The molecule has 0 aromatic carbocycles. The Morgan fingerprint density at radius 2 is 2.16 bits per heavy atom. The number of nitrogens with zero attached hydrogens (tertiary/aromatic N) is 2. The van der Waals surface area contributed by atoms with E-state index >= 15 is 0 Å². The maximum absolute atomic E-state index is 11.8. The van der Waals surface area contributed by atoms with Gasteiger partial charge in [-0.25, -0.2) is 0 Å². The normalized spacial score (nSPS) is 22.1. The van der Waals surface area contributed by atoms with E-state index in [0.29, 0.717) is 18.9 Å². The van der Waals surface area contributed by atoms with Gasteiger partial charge in [-0.15, -0.1) is 0 Å². The fourth-order valence-electron chi connectivity index (χ4n) is 2.63. The summed E-state index contributed by atoms with van der Waals surface area (Å²) < 4.78 is 1.86. The second-order valence-electron chi connectivity index (χ2n) is 5.57. The molecule has 1 aromatic heterocycles. The average Bonchev–Trinajstić information content (AvgIpc) is 2.55. The SMILES string of the molecule is Cc1nn(C)c(C)c1CCC(=O)NCC1CC(O)C1. The maximum atomic E-state index is 11.8. The van der Waals surface area contributed by atoms with Crippen LogP contribution in [-0.4, -0.2) is 33.4 Å². The lowest BCUT2D eigenvalue weighted by Crippen LogP contribution is -2.38. The number of aliphatic hydroxyl groups excluding tert-OH is 1. The summed E-state index contributed by atoms with van der Waals surface area (Å²) in [4.78, 5) is 11.8.